The maximum atomic E-state index is 14.0. The number of nitrogens with two attached hydrogens (primary N) is 1. The Morgan fingerprint density at radius 2 is 1.56 bits per heavy atom. The molecule has 4 rings (SSSR count). The number of piperidine rings is 1. The molecular formula is C39H56N4O6S. The van der Waals surface area contributed by atoms with Crippen molar-refractivity contribution in [2.24, 2.45) is 23.5 Å². The van der Waals surface area contributed by atoms with Gasteiger partial charge in [-0.1, -0.05) is 99.5 Å². The second kappa shape index (κ2) is 19.6. The van der Waals surface area contributed by atoms with Crippen LogP contribution in [0.25, 0.3) is 0 Å². The zero-order valence-corrected chi connectivity index (χ0v) is 30.4. The number of hydrogen-bond donors (Lipinski definition) is 3. The Morgan fingerprint density at radius 1 is 0.900 bits per heavy atom. The molecule has 2 atom stereocenters. The molecule has 2 aromatic rings. The highest BCUT2D eigenvalue weighted by molar-refractivity contribution is 7.90. The molecule has 1 saturated carbocycles. The van der Waals surface area contributed by atoms with E-state index in [2.05, 4.69) is 5.32 Å². The second-order valence-electron chi connectivity index (χ2n) is 14.3. The van der Waals surface area contributed by atoms with Crippen LogP contribution < -0.4 is 11.1 Å². The Bertz CT molecular complexity index is 1500. The van der Waals surface area contributed by atoms with Crippen LogP contribution in [0, 0.1) is 23.2 Å². The molecule has 0 radical (unpaired) electrons. The predicted octanol–water partition coefficient (Wildman–Crippen LogP) is 6.20. The van der Waals surface area contributed by atoms with Crippen molar-refractivity contribution in [2.45, 2.75) is 102 Å². The van der Waals surface area contributed by atoms with Gasteiger partial charge in [-0.05, 0) is 61.5 Å². The van der Waals surface area contributed by atoms with Crippen molar-refractivity contribution < 1.29 is 27.5 Å². The fourth-order valence-electron chi connectivity index (χ4n) is 7.44. The highest BCUT2D eigenvalue weighted by atomic mass is 32.2. The van der Waals surface area contributed by atoms with Gasteiger partial charge in [0.15, 0.2) is 15.6 Å². The number of ketones is 1. The van der Waals surface area contributed by atoms with Gasteiger partial charge in [0.1, 0.15) is 5.84 Å². The molecule has 1 aliphatic carbocycles. The highest BCUT2D eigenvalue weighted by Gasteiger charge is 2.31. The standard InChI is InChI=1S/C39H56N4O6S/c1-49-39(46)43-25-23-30(24-26-43)13-8-14-34(28-50(47,48)27-32-11-6-3-7-12-32)38(45)42-35(21-17-29-9-4-2-5-10-29)36(44)22-18-31-15-19-33(20-16-31)37(40)41/h3,6-7,11-12,15-16,19-20,29-30,34-35H,2,4-5,8-10,13-14,17-18,21-28H2,1H3,(H3,40,41)(H,42,45)/t34-,35-/m0/s1. The zero-order valence-electron chi connectivity index (χ0n) is 29.6. The molecule has 1 heterocycles. The number of nitrogens with zero attached hydrogens (tertiary/aromatic N) is 1. The third kappa shape index (κ3) is 12.9. The van der Waals surface area contributed by atoms with Gasteiger partial charge >= 0.3 is 6.09 Å². The first kappa shape index (κ1) is 39.1. The minimum atomic E-state index is -3.62. The van der Waals surface area contributed by atoms with Crippen LogP contribution in [-0.4, -0.2) is 68.9 Å². The number of ether oxygens (including phenoxy) is 1. The van der Waals surface area contributed by atoms with Crippen LogP contribution in [0.5, 0.6) is 0 Å². The molecule has 1 aliphatic heterocycles. The molecule has 10 nitrogen and oxygen atoms in total. The van der Waals surface area contributed by atoms with Crippen molar-refractivity contribution in [3.05, 3.63) is 71.3 Å². The van der Waals surface area contributed by atoms with Crippen LogP contribution in [0.3, 0.4) is 0 Å². The van der Waals surface area contributed by atoms with Gasteiger partial charge in [-0.3, -0.25) is 15.0 Å². The van der Waals surface area contributed by atoms with E-state index in [1.54, 1.807) is 41.3 Å². The van der Waals surface area contributed by atoms with Crippen LogP contribution in [0.4, 0.5) is 4.79 Å². The average Bonchev–Trinajstić information content (AvgIpc) is 3.12. The first-order chi connectivity index (χ1) is 24.0. The molecule has 0 unspecified atom stereocenters. The van der Waals surface area contributed by atoms with E-state index in [4.69, 9.17) is 15.9 Å². The Morgan fingerprint density at radius 3 is 2.20 bits per heavy atom. The van der Waals surface area contributed by atoms with Gasteiger partial charge < -0.3 is 20.7 Å². The molecule has 0 bridgehead atoms. The van der Waals surface area contributed by atoms with E-state index in [0.29, 0.717) is 61.7 Å². The molecular weight excluding hydrogens is 653 g/mol. The number of sulfone groups is 1. The quantitative estimate of drug-likeness (QED) is 0.123. The van der Waals surface area contributed by atoms with Crippen LogP contribution >= 0.6 is 0 Å². The average molecular weight is 709 g/mol. The molecule has 2 aromatic carbocycles. The molecule has 2 amide bonds. The maximum absolute atomic E-state index is 14.0. The number of nitrogen functional groups attached to an aromatic ring is 1. The van der Waals surface area contributed by atoms with Crippen LogP contribution in [-0.2, 0) is 36.3 Å². The van der Waals surface area contributed by atoms with E-state index in [1.807, 2.05) is 18.2 Å². The number of nitrogens with one attached hydrogen (secondary N) is 2. The van der Waals surface area contributed by atoms with Crippen LogP contribution in [0.1, 0.15) is 100 Å². The van der Waals surface area contributed by atoms with E-state index >= 15 is 0 Å². The number of aryl methyl sites for hydroxylation is 1. The first-order valence-corrected chi connectivity index (χ1v) is 20.2. The van der Waals surface area contributed by atoms with Crippen molar-refractivity contribution in [1.29, 1.82) is 5.41 Å². The second-order valence-corrected chi connectivity index (χ2v) is 16.4. The Hall–Kier alpha value is -3.73. The Kier molecular flexibility index (Phi) is 15.3. The monoisotopic (exact) mass is 708 g/mol. The number of amides is 2. The summed E-state index contributed by atoms with van der Waals surface area (Å²) >= 11 is 0. The normalized spacial score (nSPS) is 17.1. The van der Waals surface area contributed by atoms with Crippen molar-refractivity contribution in [3.8, 4) is 0 Å². The number of methoxy groups -OCH3 is 1. The summed E-state index contributed by atoms with van der Waals surface area (Å²) in [5, 5.41) is 10.7. The van der Waals surface area contributed by atoms with Crippen molar-refractivity contribution in [3.63, 3.8) is 0 Å². The third-order valence-corrected chi connectivity index (χ3v) is 12.2. The first-order valence-electron chi connectivity index (χ1n) is 18.4. The van der Waals surface area contributed by atoms with Gasteiger partial charge in [-0.2, -0.15) is 0 Å². The summed E-state index contributed by atoms with van der Waals surface area (Å²) in [6.45, 7) is 1.25. The number of likely N-dealkylation sites (tertiary alicyclic amines) is 1. The summed E-state index contributed by atoms with van der Waals surface area (Å²) in [5.74, 6) is -0.706. The van der Waals surface area contributed by atoms with E-state index in [9.17, 15) is 22.8 Å². The van der Waals surface area contributed by atoms with E-state index < -0.39 is 21.8 Å². The molecule has 0 aromatic heterocycles. The fourth-order valence-corrected chi connectivity index (χ4v) is 9.19. The third-order valence-electron chi connectivity index (χ3n) is 10.5. The van der Waals surface area contributed by atoms with Gasteiger partial charge in [0.05, 0.1) is 30.6 Å². The number of amidine groups is 1. The summed E-state index contributed by atoms with van der Waals surface area (Å²) in [6, 6.07) is 15.6. The number of benzene rings is 2. The van der Waals surface area contributed by atoms with Crippen LogP contribution in [0.15, 0.2) is 54.6 Å². The zero-order chi connectivity index (χ0) is 35.9. The van der Waals surface area contributed by atoms with Gasteiger partial charge in [-0.25, -0.2) is 13.2 Å². The van der Waals surface area contributed by atoms with Crippen molar-refractivity contribution >= 4 is 33.5 Å². The smallest absolute Gasteiger partial charge is 0.409 e. The number of hydrogen-bond acceptors (Lipinski definition) is 7. The molecule has 2 aliphatic rings. The van der Waals surface area contributed by atoms with Gasteiger partial charge in [0, 0.05) is 25.1 Å². The Balaban J connectivity index is 1.43. The Labute approximate surface area is 298 Å². The largest absolute Gasteiger partial charge is 0.453 e. The summed E-state index contributed by atoms with van der Waals surface area (Å²) in [5.41, 5.74) is 7.84. The highest BCUT2D eigenvalue weighted by Crippen LogP contribution is 2.29. The van der Waals surface area contributed by atoms with Gasteiger partial charge in [-0.15, -0.1) is 0 Å². The van der Waals surface area contributed by atoms with E-state index in [1.165, 1.54) is 26.4 Å². The molecule has 0 spiro atoms. The molecule has 50 heavy (non-hydrogen) atoms. The van der Waals surface area contributed by atoms with Crippen molar-refractivity contribution in [2.75, 3.05) is 26.0 Å². The van der Waals surface area contributed by atoms with E-state index in [-0.39, 0.29) is 41.5 Å². The molecule has 2 fully saturated rings. The fraction of sp³-hybridized carbons (Fsp3) is 0.590. The number of Topliss-reactive ketones (excluding diaryl/α,β-unsaturated/α-hetero) is 1. The number of rotatable bonds is 18. The summed E-state index contributed by atoms with van der Waals surface area (Å²) < 4.78 is 31.8. The topological polar surface area (TPSA) is 160 Å². The van der Waals surface area contributed by atoms with Gasteiger partial charge in [0.25, 0.3) is 0 Å². The molecule has 11 heteroatoms. The molecule has 274 valence electrons. The minimum Gasteiger partial charge on any atom is -0.453 e. The summed E-state index contributed by atoms with van der Waals surface area (Å²) in [4.78, 5) is 41.4. The SMILES string of the molecule is COC(=O)N1CCC(CCC[C@@H](CS(=O)(=O)Cc2ccccc2)C(=O)N[C@@H](CCC2CCCCC2)C(=O)CCc2ccc(C(=N)N)cc2)CC1. The van der Waals surface area contributed by atoms with E-state index in [0.717, 1.165) is 44.1 Å². The number of carbonyl (C=O) groups is 3. The lowest BCUT2D eigenvalue weighted by atomic mass is 9.84. The minimum absolute atomic E-state index is 0.0117. The van der Waals surface area contributed by atoms with Crippen molar-refractivity contribution in [1.82, 2.24) is 10.2 Å². The summed E-state index contributed by atoms with van der Waals surface area (Å²) in [7, 11) is -2.24. The van der Waals surface area contributed by atoms with Gasteiger partial charge in [0.2, 0.25) is 5.91 Å². The lowest BCUT2D eigenvalue weighted by Gasteiger charge is -2.31. The number of carbonyl (C=O) groups excluding carboxylic acids is 3. The summed E-state index contributed by atoms with van der Waals surface area (Å²) in [6.07, 6.45) is 11.3. The molecule has 4 N–H and O–H groups in total. The van der Waals surface area contributed by atoms with Crippen LogP contribution in [0.2, 0.25) is 0 Å². The lowest BCUT2D eigenvalue weighted by molar-refractivity contribution is -0.130. The lowest BCUT2D eigenvalue weighted by Crippen LogP contribution is -2.45. The predicted molar refractivity (Wildman–Crippen MR) is 197 cm³/mol. The molecule has 1 saturated heterocycles. The maximum Gasteiger partial charge on any atom is 0.409 e.